The van der Waals surface area contributed by atoms with Gasteiger partial charge in [0.05, 0.1) is 12.7 Å². The summed E-state index contributed by atoms with van der Waals surface area (Å²) >= 11 is 0. The monoisotopic (exact) mass is 151 g/mol. The van der Waals surface area contributed by atoms with Gasteiger partial charge in [-0.25, -0.2) is 4.79 Å². The Balaban J connectivity index is 2.69. The van der Waals surface area contributed by atoms with Crippen LogP contribution in [0.5, 0.6) is 0 Å². The molecular formula is C8H7O3. The predicted octanol–water partition coefficient (Wildman–Crippen LogP) is 1.20. The fourth-order valence-corrected chi connectivity index (χ4v) is 0.641. The molecule has 3 heteroatoms. The van der Waals surface area contributed by atoms with Gasteiger partial charge < -0.3 is 0 Å². The summed E-state index contributed by atoms with van der Waals surface area (Å²) in [5.41, 5.74) is 0.356. The van der Waals surface area contributed by atoms with E-state index >= 15 is 0 Å². The fourth-order valence-electron chi connectivity index (χ4n) is 0.641. The topological polar surface area (TPSA) is 35.5 Å². The molecule has 0 fully saturated rings. The van der Waals surface area contributed by atoms with Crippen molar-refractivity contribution >= 4 is 5.97 Å². The largest absolute Gasteiger partial charge is 0.373 e. The minimum absolute atomic E-state index is 0.356. The van der Waals surface area contributed by atoms with E-state index in [4.69, 9.17) is 0 Å². The van der Waals surface area contributed by atoms with Gasteiger partial charge >= 0.3 is 5.97 Å². The van der Waals surface area contributed by atoms with Gasteiger partial charge in [0, 0.05) is 0 Å². The number of hydrogen-bond donors (Lipinski definition) is 0. The van der Waals surface area contributed by atoms with E-state index in [2.05, 4.69) is 15.8 Å². The van der Waals surface area contributed by atoms with Gasteiger partial charge in [-0.3, -0.25) is 4.89 Å². The number of hydrogen-bond acceptors (Lipinski definition) is 3. The molecule has 0 unspecified atom stereocenters. The SMILES string of the molecule is COOC(=O)c1[c]cccc1. The summed E-state index contributed by atoms with van der Waals surface area (Å²) < 4.78 is 0. The molecule has 0 heterocycles. The van der Waals surface area contributed by atoms with Crippen molar-refractivity contribution in [2.45, 2.75) is 0 Å². The third-order valence-corrected chi connectivity index (χ3v) is 1.09. The lowest BCUT2D eigenvalue weighted by Gasteiger charge is -1.96. The number of carbonyl (C=O) groups is 1. The van der Waals surface area contributed by atoms with Crippen LogP contribution in [0.2, 0.25) is 0 Å². The quantitative estimate of drug-likeness (QED) is 0.470. The van der Waals surface area contributed by atoms with Crippen molar-refractivity contribution < 1.29 is 14.6 Å². The van der Waals surface area contributed by atoms with Crippen LogP contribution in [0.1, 0.15) is 10.4 Å². The molecule has 0 saturated heterocycles. The van der Waals surface area contributed by atoms with Crippen LogP contribution in [-0.2, 0) is 9.78 Å². The second-order valence-corrected chi connectivity index (χ2v) is 1.81. The maximum absolute atomic E-state index is 10.9. The lowest BCUT2D eigenvalue weighted by atomic mass is 10.2. The Bertz CT molecular complexity index is 230. The Kier molecular flexibility index (Phi) is 2.63. The molecule has 0 saturated carbocycles. The highest BCUT2D eigenvalue weighted by Gasteiger charge is 2.05. The zero-order valence-corrected chi connectivity index (χ0v) is 6.03. The maximum Gasteiger partial charge on any atom is 0.373 e. The molecule has 1 rings (SSSR count). The number of carbonyl (C=O) groups excluding carboxylic acids is 1. The first-order valence-corrected chi connectivity index (χ1v) is 3.06. The Labute approximate surface area is 64.5 Å². The highest BCUT2D eigenvalue weighted by molar-refractivity contribution is 5.88. The first-order chi connectivity index (χ1) is 5.34. The van der Waals surface area contributed by atoms with E-state index in [-0.39, 0.29) is 0 Å². The van der Waals surface area contributed by atoms with Gasteiger partial charge in [-0.15, -0.1) is 0 Å². The molecule has 0 aliphatic rings. The molecule has 1 aromatic rings. The van der Waals surface area contributed by atoms with E-state index in [0.717, 1.165) is 0 Å². The minimum Gasteiger partial charge on any atom is -0.293 e. The normalized spacial score (nSPS) is 9.18. The smallest absolute Gasteiger partial charge is 0.293 e. The van der Waals surface area contributed by atoms with Gasteiger partial charge in [0.15, 0.2) is 0 Å². The molecule has 0 aromatic heterocycles. The van der Waals surface area contributed by atoms with Gasteiger partial charge in [0.2, 0.25) is 0 Å². The molecular weight excluding hydrogens is 144 g/mol. The molecule has 1 aromatic carbocycles. The Morgan fingerprint density at radius 3 is 2.91 bits per heavy atom. The van der Waals surface area contributed by atoms with Crippen LogP contribution in [0.15, 0.2) is 24.3 Å². The van der Waals surface area contributed by atoms with Crippen LogP contribution < -0.4 is 0 Å². The van der Waals surface area contributed by atoms with Gasteiger partial charge in [-0.1, -0.05) is 18.2 Å². The zero-order chi connectivity index (χ0) is 8.10. The third kappa shape index (κ3) is 2.05. The van der Waals surface area contributed by atoms with Crippen molar-refractivity contribution in [2.24, 2.45) is 0 Å². The van der Waals surface area contributed by atoms with Crippen molar-refractivity contribution in [3.63, 3.8) is 0 Å². The Hall–Kier alpha value is -1.35. The molecule has 1 radical (unpaired) electrons. The third-order valence-electron chi connectivity index (χ3n) is 1.09. The standard InChI is InChI=1S/C8H7O3/c1-10-11-8(9)7-5-3-2-4-6-7/h2-5H,1H3. The summed E-state index contributed by atoms with van der Waals surface area (Å²) in [6.45, 7) is 0. The van der Waals surface area contributed by atoms with Crippen molar-refractivity contribution in [2.75, 3.05) is 7.11 Å². The molecule has 0 aliphatic heterocycles. The molecule has 0 spiro atoms. The van der Waals surface area contributed by atoms with E-state index in [1.807, 2.05) is 0 Å². The summed E-state index contributed by atoms with van der Waals surface area (Å²) in [6.07, 6.45) is 0. The van der Waals surface area contributed by atoms with Gasteiger partial charge in [-0.2, -0.15) is 4.89 Å². The first kappa shape index (κ1) is 7.75. The summed E-state index contributed by atoms with van der Waals surface area (Å²) in [6, 6.07) is 9.42. The van der Waals surface area contributed by atoms with Crippen molar-refractivity contribution in [1.82, 2.24) is 0 Å². The van der Waals surface area contributed by atoms with Crippen LogP contribution in [0.3, 0.4) is 0 Å². The summed E-state index contributed by atoms with van der Waals surface area (Å²) in [5, 5.41) is 0. The average Bonchev–Trinajstić information content (AvgIpc) is 2.07. The molecule has 0 aliphatic carbocycles. The van der Waals surface area contributed by atoms with Crippen LogP contribution in [0.25, 0.3) is 0 Å². The van der Waals surface area contributed by atoms with E-state index in [0.29, 0.717) is 5.56 Å². The molecule has 0 N–H and O–H groups in total. The zero-order valence-electron chi connectivity index (χ0n) is 6.03. The predicted molar refractivity (Wildman–Crippen MR) is 37.7 cm³/mol. The maximum atomic E-state index is 10.9. The highest BCUT2D eigenvalue weighted by atomic mass is 17.2. The second-order valence-electron chi connectivity index (χ2n) is 1.81. The Morgan fingerprint density at radius 1 is 1.55 bits per heavy atom. The molecule has 0 bridgehead atoms. The number of benzene rings is 1. The molecule has 3 nitrogen and oxygen atoms in total. The summed E-state index contributed by atoms with van der Waals surface area (Å²) in [5.74, 6) is -0.534. The van der Waals surface area contributed by atoms with Gasteiger partial charge in [0.25, 0.3) is 0 Å². The summed E-state index contributed by atoms with van der Waals surface area (Å²) in [4.78, 5) is 19.3. The minimum atomic E-state index is -0.534. The van der Waals surface area contributed by atoms with E-state index in [9.17, 15) is 4.79 Å². The van der Waals surface area contributed by atoms with Crippen molar-refractivity contribution in [3.05, 3.63) is 35.9 Å². The van der Waals surface area contributed by atoms with Crippen LogP contribution in [-0.4, -0.2) is 13.1 Å². The highest BCUT2D eigenvalue weighted by Crippen LogP contribution is 1.99. The van der Waals surface area contributed by atoms with Crippen LogP contribution >= 0.6 is 0 Å². The van der Waals surface area contributed by atoms with Gasteiger partial charge in [0.1, 0.15) is 0 Å². The van der Waals surface area contributed by atoms with E-state index < -0.39 is 5.97 Å². The fraction of sp³-hybridized carbons (Fsp3) is 0.125. The lowest BCUT2D eigenvalue weighted by Crippen LogP contribution is -2.03. The van der Waals surface area contributed by atoms with Crippen LogP contribution in [0.4, 0.5) is 0 Å². The van der Waals surface area contributed by atoms with Crippen molar-refractivity contribution in [1.29, 1.82) is 0 Å². The molecule has 57 valence electrons. The van der Waals surface area contributed by atoms with Crippen LogP contribution in [0, 0.1) is 6.07 Å². The summed E-state index contributed by atoms with van der Waals surface area (Å²) in [7, 11) is 1.28. The average molecular weight is 151 g/mol. The lowest BCUT2D eigenvalue weighted by molar-refractivity contribution is -0.216. The first-order valence-electron chi connectivity index (χ1n) is 3.06. The van der Waals surface area contributed by atoms with Gasteiger partial charge in [-0.05, 0) is 12.1 Å². The van der Waals surface area contributed by atoms with Crippen molar-refractivity contribution in [3.8, 4) is 0 Å². The molecule has 0 atom stereocenters. The van der Waals surface area contributed by atoms with E-state index in [1.165, 1.54) is 7.11 Å². The second kappa shape index (κ2) is 3.73. The van der Waals surface area contributed by atoms with E-state index in [1.54, 1.807) is 24.3 Å². The number of rotatable bonds is 2. The Morgan fingerprint density at radius 2 is 2.36 bits per heavy atom. The molecule has 11 heavy (non-hydrogen) atoms. The molecule has 0 amide bonds.